The number of halogens is 1. The first-order valence-electron chi connectivity index (χ1n) is 7.66. The fraction of sp³-hybridized carbons (Fsp3) is 0.500. The number of thiophene rings is 2. The molecule has 0 unspecified atom stereocenters. The molecule has 2 aromatic heterocycles. The van der Waals surface area contributed by atoms with Gasteiger partial charge in [0.1, 0.15) is 4.21 Å². The van der Waals surface area contributed by atoms with Crippen LogP contribution in [0.1, 0.15) is 51.3 Å². The fourth-order valence-electron chi connectivity index (χ4n) is 1.58. The van der Waals surface area contributed by atoms with Crippen molar-refractivity contribution in [3.8, 4) is 0 Å². The average Bonchev–Trinajstić information content (AvgIpc) is 3.08. The minimum Gasteiger partial charge on any atom is -0.273 e. The van der Waals surface area contributed by atoms with Crippen LogP contribution in [0.3, 0.4) is 0 Å². The Bertz CT molecular complexity index is 895. The summed E-state index contributed by atoms with van der Waals surface area (Å²) in [6.45, 7) is 12.8. The van der Waals surface area contributed by atoms with Gasteiger partial charge in [-0.3, -0.25) is 4.55 Å². The van der Waals surface area contributed by atoms with Crippen LogP contribution in [-0.2, 0) is 30.2 Å². The number of sulfonamides is 1. The molecule has 6 nitrogen and oxygen atoms in total. The van der Waals surface area contributed by atoms with Gasteiger partial charge in [-0.05, 0) is 34.4 Å². The van der Waals surface area contributed by atoms with E-state index < -0.39 is 19.4 Å². The second kappa shape index (κ2) is 9.82. The molecule has 0 radical (unpaired) electrons. The highest BCUT2D eigenvalue weighted by Crippen LogP contribution is 2.31. The highest BCUT2D eigenvalue weighted by molar-refractivity contribution is 8.09. The lowest BCUT2D eigenvalue weighted by Crippen LogP contribution is -2.10. The lowest BCUT2D eigenvalue weighted by molar-refractivity contribution is 0.501. The smallest absolute Gasteiger partial charge is 0.273 e. The number of hydrogen-bond acceptors (Lipinski definition) is 6. The van der Waals surface area contributed by atoms with E-state index in [2.05, 4.69) is 49.0 Å². The Balaban J connectivity index is 0.000000419. The lowest BCUT2D eigenvalue weighted by Gasteiger charge is -2.14. The third-order valence-corrected chi connectivity index (χ3v) is 7.11. The quantitative estimate of drug-likeness (QED) is 0.455. The summed E-state index contributed by atoms with van der Waals surface area (Å²) >= 11 is 3.06. The molecule has 0 amide bonds. The molecule has 0 saturated carbocycles. The number of rotatable bonds is 1. The number of primary sulfonamides is 1. The standard InChI is InChI=1S/C8H13NO2S2.C8H12S.ClHO3S/c1-8(2,3)6-4-5-7(12-6)13(9,10)11;1-8(2,3)7-5-4-6-9-7;1-5(2,3)4/h4-5H,1-3H3,(H2,9,10,11);4-6H,1-3H3;(H,2,3,4). The van der Waals surface area contributed by atoms with E-state index in [0.29, 0.717) is 5.41 Å². The maximum absolute atomic E-state index is 11.0. The van der Waals surface area contributed by atoms with E-state index >= 15 is 0 Å². The Morgan fingerprint density at radius 1 is 0.926 bits per heavy atom. The van der Waals surface area contributed by atoms with Gasteiger partial charge < -0.3 is 0 Å². The first kappa shape index (κ1) is 26.5. The molecule has 156 valence electrons. The molecule has 0 aliphatic carbocycles. The summed E-state index contributed by atoms with van der Waals surface area (Å²) in [5, 5.41) is 7.12. The van der Waals surface area contributed by atoms with Crippen molar-refractivity contribution in [1.82, 2.24) is 0 Å². The first-order valence-corrected chi connectivity index (χ1v) is 13.2. The molecule has 11 heteroatoms. The zero-order valence-electron chi connectivity index (χ0n) is 16.1. The van der Waals surface area contributed by atoms with E-state index in [0.717, 1.165) is 4.88 Å². The van der Waals surface area contributed by atoms with Crippen LogP contribution in [-0.4, -0.2) is 21.4 Å². The van der Waals surface area contributed by atoms with Crippen LogP contribution in [0.25, 0.3) is 0 Å². The molecule has 0 bridgehead atoms. The van der Waals surface area contributed by atoms with Crippen LogP contribution < -0.4 is 5.14 Å². The molecule has 2 heterocycles. The van der Waals surface area contributed by atoms with E-state index in [1.165, 1.54) is 16.2 Å². The second-order valence-electron chi connectivity index (χ2n) is 7.55. The van der Waals surface area contributed by atoms with E-state index in [1.54, 1.807) is 6.07 Å². The monoisotopic (exact) mass is 475 g/mol. The maximum atomic E-state index is 11.0. The van der Waals surface area contributed by atoms with Gasteiger partial charge in [-0.2, -0.15) is 8.42 Å². The van der Waals surface area contributed by atoms with Crippen molar-refractivity contribution in [2.24, 2.45) is 5.14 Å². The summed E-state index contributed by atoms with van der Waals surface area (Å²) in [7, 11) is -3.66. The van der Waals surface area contributed by atoms with Crippen LogP contribution in [0.2, 0.25) is 0 Å². The van der Waals surface area contributed by atoms with Gasteiger partial charge in [0.05, 0.1) is 0 Å². The molecule has 0 aromatic carbocycles. The molecule has 0 fully saturated rings. The van der Waals surface area contributed by atoms with Gasteiger partial charge in [0.2, 0.25) is 10.0 Å². The molecule has 0 aliphatic heterocycles. The van der Waals surface area contributed by atoms with Crippen molar-refractivity contribution in [3.63, 3.8) is 0 Å². The highest BCUT2D eigenvalue weighted by Gasteiger charge is 2.19. The summed E-state index contributed by atoms with van der Waals surface area (Å²) in [6.07, 6.45) is 0. The van der Waals surface area contributed by atoms with Gasteiger partial charge in [-0.15, -0.1) is 22.7 Å². The Morgan fingerprint density at radius 3 is 1.56 bits per heavy atom. The van der Waals surface area contributed by atoms with E-state index in [4.69, 9.17) is 18.1 Å². The third-order valence-electron chi connectivity index (χ3n) is 2.86. The molecule has 0 saturated heterocycles. The van der Waals surface area contributed by atoms with Gasteiger partial charge in [-0.25, -0.2) is 13.6 Å². The molecule has 2 rings (SSSR count). The third kappa shape index (κ3) is 12.6. The van der Waals surface area contributed by atoms with Crippen LogP contribution in [0.15, 0.2) is 33.9 Å². The predicted octanol–water partition coefficient (Wildman–Crippen LogP) is 4.77. The molecule has 2 aromatic rings. The van der Waals surface area contributed by atoms with Crippen molar-refractivity contribution >= 4 is 52.7 Å². The minimum absolute atomic E-state index is 0.0202. The van der Waals surface area contributed by atoms with Crippen LogP contribution >= 0.6 is 33.4 Å². The Labute approximate surface area is 174 Å². The summed E-state index contributed by atoms with van der Waals surface area (Å²) in [5.74, 6) is 0. The van der Waals surface area contributed by atoms with Gasteiger partial charge in [0.15, 0.2) is 0 Å². The molecule has 0 spiro atoms. The van der Waals surface area contributed by atoms with Crippen molar-refractivity contribution < 1.29 is 21.4 Å². The van der Waals surface area contributed by atoms with Gasteiger partial charge >= 0.3 is 9.33 Å². The molecule has 0 atom stereocenters. The van der Waals surface area contributed by atoms with Gasteiger partial charge in [-0.1, -0.05) is 47.6 Å². The highest BCUT2D eigenvalue weighted by atomic mass is 35.7. The fourth-order valence-corrected chi connectivity index (χ4v) is 4.18. The minimum atomic E-state index is -4.19. The average molecular weight is 476 g/mol. The zero-order chi connectivity index (χ0) is 21.7. The number of hydrogen-bond donors (Lipinski definition) is 2. The maximum Gasteiger partial charge on any atom is 0.353 e. The SMILES string of the molecule is CC(C)(C)c1ccc(S(N)(=O)=O)s1.CC(C)(C)c1cccs1.O=S(=O)(O)Cl. The summed E-state index contributed by atoms with van der Waals surface area (Å²) in [6, 6.07) is 7.65. The largest absolute Gasteiger partial charge is 0.353 e. The van der Waals surface area contributed by atoms with Gasteiger partial charge in [0, 0.05) is 20.4 Å². The number of nitrogens with two attached hydrogens (primary N) is 1. The van der Waals surface area contributed by atoms with E-state index in [1.807, 2.05) is 38.2 Å². The van der Waals surface area contributed by atoms with Crippen LogP contribution in [0.4, 0.5) is 0 Å². The Morgan fingerprint density at radius 2 is 1.37 bits per heavy atom. The topological polar surface area (TPSA) is 115 Å². The normalized spacial score (nSPS) is 12.5. The first-order chi connectivity index (χ1) is 11.8. The molecule has 0 aliphatic rings. The summed E-state index contributed by atoms with van der Waals surface area (Å²) in [5.41, 5.74) is 0.321. The second-order valence-corrected chi connectivity index (χ2v) is 13.4. The Hall–Kier alpha value is -0.490. The van der Waals surface area contributed by atoms with Gasteiger partial charge in [0.25, 0.3) is 0 Å². The molecule has 3 N–H and O–H groups in total. The lowest BCUT2D eigenvalue weighted by atomic mass is 9.95. The van der Waals surface area contributed by atoms with Crippen molar-refractivity contribution in [3.05, 3.63) is 39.4 Å². The van der Waals surface area contributed by atoms with E-state index in [9.17, 15) is 8.42 Å². The van der Waals surface area contributed by atoms with Crippen molar-refractivity contribution in [1.29, 1.82) is 0 Å². The van der Waals surface area contributed by atoms with Crippen molar-refractivity contribution in [2.45, 2.75) is 56.6 Å². The zero-order valence-corrected chi connectivity index (χ0v) is 20.1. The van der Waals surface area contributed by atoms with Crippen molar-refractivity contribution in [2.75, 3.05) is 0 Å². The molecular formula is C16H26ClNO5S4. The summed E-state index contributed by atoms with van der Waals surface area (Å²) in [4.78, 5) is 2.49. The van der Waals surface area contributed by atoms with E-state index in [-0.39, 0.29) is 9.62 Å². The molecule has 27 heavy (non-hydrogen) atoms. The predicted molar refractivity (Wildman–Crippen MR) is 115 cm³/mol. The van der Waals surface area contributed by atoms with Crippen LogP contribution in [0, 0.1) is 0 Å². The Kier molecular flexibility index (Phi) is 9.64. The van der Waals surface area contributed by atoms with Crippen LogP contribution in [0.5, 0.6) is 0 Å². The molecular weight excluding hydrogens is 450 g/mol. The summed E-state index contributed by atoms with van der Waals surface area (Å²) < 4.78 is 47.3.